The Kier molecular flexibility index (Phi) is 3.29. The van der Waals surface area contributed by atoms with Crippen LogP contribution >= 0.6 is 0 Å². The standard InChI is InChI=1S/C9H17N3/c1-8(2)12(3)5-4-9-6-10-7-11-9/h6-8H,4-5H2,1-3H3,(H,10,11). The highest BCUT2D eigenvalue weighted by Crippen LogP contribution is 1.98. The molecule has 3 heteroatoms. The summed E-state index contributed by atoms with van der Waals surface area (Å²) in [4.78, 5) is 9.43. The van der Waals surface area contributed by atoms with Gasteiger partial charge in [0.1, 0.15) is 0 Å². The topological polar surface area (TPSA) is 31.9 Å². The maximum Gasteiger partial charge on any atom is 0.0923 e. The summed E-state index contributed by atoms with van der Waals surface area (Å²) in [6.45, 7) is 5.47. The molecule has 3 nitrogen and oxygen atoms in total. The molecule has 12 heavy (non-hydrogen) atoms. The van der Waals surface area contributed by atoms with Crippen molar-refractivity contribution < 1.29 is 0 Å². The molecule has 1 heterocycles. The van der Waals surface area contributed by atoms with E-state index >= 15 is 0 Å². The van der Waals surface area contributed by atoms with Crippen LogP contribution in [0.25, 0.3) is 0 Å². The third kappa shape index (κ3) is 2.66. The zero-order chi connectivity index (χ0) is 8.97. The van der Waals surface area contributed by atoms with E-state index in [9.17, 15) is 0 Å². The summed E-state index contributed by atoms with van der Waals surface area (Å²) in [5.74, 6) is 0. The van der Waals surface area contributed by atoms with Crippen LogP contribution in [0, 0.1) is 0 Å². The molecule has 0 aliphatic carbocycles. The third-order valence-corrected chi connectivity index (χ3v) is 2.16. The Labute approximate surface area is 73.8 Å². The van der Waals surface area contributed by atoms with E-state index in [-0.39, 0.29) is 0 Å². The summed E-state index contributed by atoms with van der Waals surface area (Å²) in [5, 5.41) is 0. The average Bonchev–Trinajstić information content (AvgIpc) is 2.51. The predicted molar refractivity (Wildman–Crippen MR) is 50.1 cm³/mol. The molecule has 0 aliphatic heterocycles. The highest BCUT2D eigenvalue weighted by molar-refractivity contribution is 4.94. The van der Waals surface area contributed by atoms with Crippen molar-refractivity contribution in [3.63, 3.8) is 0 Å². The normalized spacial score (nSPS) is 11.4. The molecule has 0 fully saturated rings. The lowest BCUT2D eigenvalue weighted by molar-refractivity contribution is 0.277. The molecule has 68 valence electrons. The van der Waals surface area contributed by atoms with Crippen LogP contribution in [-0.2, 0) is 6.42 Å². The number of hydrogen-bond donors (Lipinski definition) is 1. The smallest absolute Gasteiger partial charge is 0.0923 e. The summed E-state index contributed by atoms with van der Waals surface area (Å²) in [5.41, 5.74) is 1.14. The molecular formula is C9H17N3. The van der Waals surface area contributed by atoms with E-state index in [0.29, 0.717) is 6.04 Å². The van der Waals surface area contributed by atoms with Crippen molar-refractivity contribution in [2.45, 2.75) is 26.3 Å². The number of imidazole rings is 1. The van der Waals surface area contributed by atoms with Crippen molar-refractivity contribution >= 4 is 0 Å². The Hall–Kier alpha value is -0.830. The van der Waals surface area contributed by atoms with Crippen LogP contribution in [0.2, 0.25) is 0 Å². The van der Waals surface area contributed by atoms with Crippen LogP contribution in [0.5, 0.6) is 0 Å². The van der Waals surface area contributed by atoms with Crippen LogP contribution in [0.15, 0.2) is 12.5 Å². The number of nitrogens with zero attached hydrogens (tertiary/aromatic N) is 2. The number of aromatic amines is 1. The third-order valence-electron chi connectivity index (χ3n) is 2.16. The SMILES string of the molecule is CC(C)N(C)CCc1c[nH]cn1. The lowest BCUT2D eigenvalue weighted by atomic mass is 10.3. The van der Waals surface area contributed by atoms with Gasteiger partial charge in [-0.3, -0.25) is 0 Å². The molecule has 0 aromatic carbocycles. The molecular weight excluding hydrogens is 150 g/mol. The fraction of sp³-hybridized carbons (Fsp3) is 0.667. The number of aromatic nitrogens is 2. The molecule has 0 atom stereocenters. The summed E-state index contributed by atoms with van der Waals surface area (Å²) in [6.07, 6.45) is 4.71. The Morgan fingerprint density at radius 3 is 2.83 bits per heavy atom. The Morgan fingerprint density at radius 1 is 1.58 bits per heavy atom. The van der Waals surface area contributed by atoms with Crippen LogP contribution in [0.1, 0.15) is 19.5 Å². The molecule has 1 aromatic rings. The van der Waals surface area contributed by atoms with Crippen LogP contribution < -0.4 is 0 Å². The Morgan fingerprint density at radius 2 is 2.33 bits per heavy atom. The molecule has 0 saturated carbocycles. The predicted octanol–water partition coefficient (Wildman–Crippen LogP) is 1.29. The second-order valence-corrected chi connectivity index (χ2v) is 3.38. The molecule has 0 bridgehead atoms. The lowest BCUT2D eigenvalue weighted by Crippen LogP contribution is -2.28. The van der Waals surface area contributed by atoms with Gasteiger partial charge in [0, 0.05) is 25.2 Å². The van der Waals surface area contributed by atoms with Crippen molar-refractivity contribution in [3.8, 4) is 0 Å². The van der Waals surface area contributed by atoms with Gasteiger partial charge in [0.15, 0.2) is 0 Å². The molecule has 0 amide bonds. The van der Waals surface area contributed by atoms with Gasteiger partial charge in [-0.15, -0.1) is 0 Å². The first-order valence-electron chi connectivity index (χ1n) is 4.38. The van der Waals surface area contributed by atoms with E-state index in [1.165, 1.54) is 0 Å². The van der Waals surface area contributed by atoms with Gasteiger partial charge in [-0.1, -0.05) is 0 Å². The summed E-state index contributed by atoms with van der Waals surface area (Å²) in [6, 6.07) is 0.615. The summed E-state index contributed by atoms with van der Waals surface area (Å²) in [7, 11) is 2.14. The van der Waals surface area contributed by atoms with Crippen LogP contribution in [-0.4, -0.2) is 34.5 Å². The van der Waals surface area contributed by atoms with E-state index in [1.807, 2.05) is 6.20 Å². The molecule has 0 unspecified atom stereocenters. The van der Waals surface area contributed by atoms with E-state index in [4.69, 9.17) is 0 Å². The largest absolute Gasteiger partial charge is 0.351 e. The fourth-order valence-electron chi connectivity index (χ4n) is 0.977. The van der Waals surface area contributed by atoms with Crippen molar-refractivity contribution in [2.24, 2.45) is 0 Å². The van der Waals surface area contributed by atoms with Crippen molar-refractivity contribution in [2.75, 3.05) is 13.6 Å². The van der Waals surface area contributed by atoms with Gasteiger partial charge in [-0.2, -0.15) is 0 Å². The molecule has 1 N–H and O–H groups in total. The summed E-state index contributed by atoms with van der Waals surface area (Å²) < 4.78 is 0. The molecule has 0 aliphatic rings. The number of likely N-dealkylation sites (N-methyl/N-ethyl adjacent to an activating group) is 1. The molecule has 0 saturated heterocycles. The van der Waals surface area contributed by atoms with Crippen molar-refractivity contribution in [1.29, 1.82) is 0 Å². The van der Waals surface area contributed by atoms with Gasteiger partial charge >= 0.3 is 0 Å². The minimum atomic E-state index is 0.615. The second-order valence-electron chi connectivity index (χ2n) is 3.38. The molecule has 1 aromatic heterocycles. The van der Waals surface area contributed by atoms with E-state index in [0.717, 1.165) is 18.7 Å². The van der Waals surface area contributed by atoms with E-state index < -0.39 is 0 Å². The van der Waals surface area contributed by atoms with Crippen molar-refractivity contribution in [1.82, 2.24) is 14.9 Å². The Bertz CT molecular complexity index is 204. The minimum Gasteiger partial charge on any atom is -0.351 e. The zero-order valence-corrected chi connectivity index (χ0v) is 8.04. The fourth-order valence-corrected chi connectivity index (χ4v) is 0.977. The number of rotatable bonds is 4. The second kappa shape index (κ2) is 4.26. The maximum atomic E-state index is 4.17. The van der Waals surface area contributed by atoms with Crippen LogP contribution in [0.3, 0.4) is 0 Å². The monoisotopic (exact) mass is 167 g/mol. The first kappa shape index (κ1) is 9.26. The minimum absolute atomic E-state index is 0.615. The number of hydrogen-bond acceptors (Lipinski definition) is 2. The quantitative estimate of drug-likeness (QED) is 0.733. The summed E-state index contributed by atoms with van der Waals surface area (Å²) >= 11 is 0. The molecule has 1 rings (SSSR count). The highest BCUT2D eigenvalue weighted by atomic mass is 15.1. The first-order valence-corrected chi connectivity index (χ1v) is 4.38. The molecule has 0 spiro atoms. The van der Waals surface area contributed by atoms with Gasteiger partial charge in [0.25, 0.3) is 0 Å². The Balaban J connectivity index is 2.27. The molecule has 0 radical (unpaired) electrons. The lowest BCUT2D eigenvalue weighted by Gasteiger charge is -2.19. The zero-order valence-electron chi connectivity index (χ0n) is 8.04. The van der Waals surface area contributed by atoms with Gasteiger partial charge in [-0.05, 0) is 20.9 Å². The van der Waals surface area contributed by atoms with Gasteiger partial charge < -0.3 is 9.88 Å². The van der Waals surface area contributed by atoms with Gasteiger partial charge in [0.05, 0.1) is 12.0 Å². The first-order chi connectivity index (χ1) is 5.70. The average molecular weight is 167 g/mol. The van der Waals surface area contributed by atoms with E-state index in [1.54, 1.807) is 6.33 Å². The van der Waals surface area contributed by atoms with Gasteiger partial charge in [-0.25, -0.2) is 4.98 Å². The van der Waals surface area contributed by atoms with Gasteiger partial charge in [0.2, 0.25) is 0 Å². The van der Waals surface area contributed by atoms with E-state index in [2.05, 4.69) is 35.8 Å². The number of H-pyrrole nitrogens is 1. The highest BCUT2D eigenvalue weighted by Gasteiger charge is 2.03. The maximum absolute atomic E-state index is 4.17. The van der Waals surface area contributed by atoms with Crippen molar-refractivity contribution in [3.05, 3.63) is 18.2 Å². The number of nitrogens with one attached hydrogen (secondary N) is 1. The van der Waals surface area contributed by atoms with Crippen LogP contribution in [0.4, 0.5) is 0 Å².